The zero-order chi connectivity index (χ0) is 22.1. The Morgan fingerprint density at radius 2 is 1.84 bits per heavy atom. The van der Waals surface area contributed by atoms with E-state index in [4.69, 9.17) is 0 Å². The van der Waals surface area contributed by atoms with E-state index in [1.165, 1.54) is 4.52 Å². The Balaban J connectivity index is 0.00000341. The monoisotopic (exact) mass is 464 g/mol. The van der Waals surface area contributed by atoms with Gasteiger partial charge in [-0.1, -0.05) is 39.0 Å². The summed E-state index contributed by atoms with van der Waals surface area (Å²) in [4.78, 5) is 19.5. The van der Waals surface area contributed by atoms with Gasteiger partial charge in [-0.25, -0.2) is 17.9 Å². The number of benzene rings is 1. The quantitative estimate of drug-likeness (QED) is 0.528. The lowest BCUT2D eigenvalue weighted by atomic mass is 10.1. The summed E-state index contributed by atoms with van der Waals surface area (Å²) in [5.41, 5.74) is 1.47. The van der Waals surface area contributed by atoms with Crippen LogP contribution in [0.25, 0.3) is 5.65 Å². The van der Waals surface area contributed by atoms with Crippen LogP contribution in [0.1, 0.15) is 49.1 Å². The van der Waals surface area contributed by atoms with Gasteiger partial charge in [0.2, 0.25) is 9.84 Å². The van der Waals surface area contributed by atoms with Crippen LogP contribution in [-0.2, 0) is 16.3 Å². The number of carbonyl (C=O) groups is 1. The van der Waals surface area contributed by atoms with E-state index in [-0.39, 0.29) is 33.8 Å². The van der Waals surface area contributed by atoms with Gasteiger partial charge in [-0.3, -0.25) is 4.79 Å². The van der Waals surface area contributed by atoms with Gasteiger partial charge in [0.15, 0.2) is 5.65 Å². The van der Waals surface area contributed by atoms with Gasteiger partial charge in [-0.05, 0) is 43.9 Å². The summed E-state index contributed by atoms with van der Waals surface area (Å²) >= 11 is 0. The molecule has 0 aliphatic rings. The van der Waals surface area contributed by atoms with Gasteiger partial charge in [0.05, 0.1) is 10.6 Å². The van der Waals surface area contributed by atoms with Crippen LogP contribution < -0.4 is 0 Å². The molecule has 168 valence electrons. The lowest BCUT2D eigenvalue weighted by molar-refractivity contribution is 0.0780. The lowest BCUT2D eigenvalue weighted by Gasteiger charge is -2.19. The predicted molar refractivity (Wildman–Crippen MR) is 123 cm³/mol. The molecular weight excluding hydrogens is 436 g/mol. The van der Waals surface area contributed by atoms with Crippen molar-refractivity contribution in [3.63, 3.8) is 0 Å². The molecule has 0 unspecified atom stereocenters. The topological polar surface area (TPSA) is 84.6 Å². The molecule has 0 saturated carbocycles. The second-order valence-corrected chi connectivity index (χ2v) is 9.76. The number of hydrogen-bond acceptors (Lipinski definition) is 5. The molecule has 1 aromatic carbocycles. The molecule has 2 aromatic heterocycles. The average molecular weight is 465 g/mol. The molecular formula is C22H29ClN4O3S. The fourth-order valence-corrected chi connectivity index (χ4v) is 4.91. The molecule has 1 amide bonds. The van der Waals surface area contributed by atoms with Crippen LogP contribution in [0.2, 0.25) is 0 Å². The van der Waals surface area contributed by atoms with Crippen LogP contribution in [0.4, 0.5) is 0 Å². The molecule has 0 bridgehead atoms. The number of halogens is 1. The lowest BCUT2D eigenvalue weighted by Crippen LogP contribution is -2.30. The highest BCUT2D eigenvalue weighted by molar-refractivity contribution is 7.91. The number of aryl methyl sites for hydroxylation is 2. The second-order valence-electron chi connectivity index (χ2n) is 7.87. The van der Waals surface area contributed by atoms with E-state index in [1.54, 1.807) is 55.3 Å². The molecule has 0 fully saturated rings. The van der Waals surface area contributed by atoms with Crippen LogP contribution in [0, 0.1) is 12.8 Å². The van der Waals surface area contributed by atoms with E-state index in [0.29, 0.717) is 36.0 Å². The third kappa shape index (κ3) is 4.91. The molecule has 0 aliphatic heterocycles. The van der Waals surface area contributed by atoms with E-state index < -0.39 is 9.84 Å². The summed E-state index contributed by atoms with van der Waals surface area (Å²) in [6.07, 6.45) is 1.28. The van der Waals surface area contributed by atoms with Crippen molar-refractivity contribution in [1.82, 2.24) is 19.5 Å². The molecule has 3 rings (SSSR count). The van der Waals surface area contributed by atoms with Gasteiger partial charge < -0.3 is 4.90 Å². The Morgan fingerprint density at radius 3 is 2.42 bits per heavy atom. The van der Waals surface area contributed by atoms with Crippen LogP contribution in [-0.4, -0.2) is 47.4 Å². The second kappa shape index (κ2) is 9.78. The molecule has 0 atom stereocenters. The Morgan fingerprint density at radius 1 is 1.19 bits per heavy atom. The number of nitrogens with zero attached hydrogens (tertiary/aromatic N) is 4. The maximum Gasteiger partial charge on any atom is 0.272 e. The molecule has 0 N–H and O–H groups in total. The van der Waals surface area contributed by atoms with Gasteiger partial charge in [-0.15, -0.1) is 12.4 Å². The summed E-state index contributed by atoms with van der Waals surface area (Å²) in [5.74, 6) is 0.262. The molecule has 0 radical (unpaired) electrons. The van der Waals surface area contributed by atoms with Crippen molar-refractivity contribution in [3.05, 3.63) is 53.5 Å². The number of amides is 1. The summed E-state index contributed by atoms with van der Waals surface area (Å²) in [6, 6.07) is 9.90. The summed E-state index contributed by atoms with van der Waals surface area (Å²) in [6.45, 7) is 8.41. The Kier molecular flexibility index (Phi) is 7.83. The van der Waals surface area contributed by atoms with Gasteiger partial charge in [-0.2, -0.15) is 5.10 Å². The molecule has 31 heavy (non-hydrogen) atoms. The Labute approximate surface area is 189 Å². The van der Waals surface area contributed by atoms with E-state index in [1.807, 2.05) is 6.92 Å². The normalized spacial score (nSPS) is 11.5. The Hall–Kier alpha value is -2.45. The highest BCUT2D eigenvalue weighted by Gasteiger charge is 2.30. The Bertz CT molecular complexity index is 1170. The van der Waals surface area contributed by atoms with Crippen LogP contribution >= 0.6 is 12.4 Å². The van der Waals surface area contributed by atoms with Crippen LogP contribution in [0.5, 0.6) is 0 Å². The maximum absolute atomic E-state index is 13.4. The largest absolute Gasteiger partial charge is 0.340 e. The number of sulfone groups is 1. The summed E-state index contributed by atoms with van der Waals surface area (Å²) in [7, 11) is -2.09. The molecule has 7 nitrogen and oxygen atoms in total. The van der Waals surface area contributed by atoms with Crippen molar-refractivity contribution in [2.45, 2.75) is 50.3 Å². The van der Waals surface area contributed by atoms with Gasteiger partial charge in [0, 0.05) is 19.3 Å². The van der Waals surface area contributed by atoms with Crippen molar-refractivity contribution >= 4 is 33.8 Å². The maximum atomic E-state index is 13.4. The van der Waals surface area contributed by atoms with Crippen molar-refractivity contribution in [1.29, 1.82) is 0 Å². The highest BCUT2D eigenvalue weighted by atomic mass is 35.5. The first kappa shape index (κ1) is 24.8. The fraction of sp³-hybridized carbons (Fsp3) is 0.409. The van der Waals surface area contributed by atoms with E-state index >= 15 is 0 Å². The number of carbonyl (C=O) groups excluding carboxylic acids is 1. The zero-order valence-electron chi connectivity index (χ0n) is 18.5. The SMILES string of the molecule is CCc1nn2c(C(=O)N(C)CCC(C)C)cc(C)nc2c1S(=O)(=O)c1ccccc1.Cl. The predicted octanol–water partition coefficient (Wildman–Crippen LogP) is 3.97. The smallest absolute Gasteiger partial charge is 0.272 e. The summed E-state index contributed by atoms with van der Waals surface area (Å²) in [5, 5.41) is 4.49. The van der Waals surface area contributed by atoms with Crippen molar-refractivity contribution in [3.8, 4) is 0 Å². The number of fused-ring (bicyclic) bond motifs is 1. The average Bonchev–Trinajstić information content (AvgIpc) is 3.10. The first-order chi connectivity index (χ1) is 14.2. The third-order valence-electron chi connectivity index (χ3n) is 5.01. The zero-order valence-corrected chi connectivity index (χ0v) is 20.1. The fourth-order valence-electron chi connectivity index (χ4n) is 3.29. The first-order valence-electron chi connectivity index (χ1n) is 10.1. The van der Waals surface area contributed by atoms with Crippen molar-refractivity contribution in [2.24, 2.45) is 5.92 Å². The molecule has 2 heterocycles. The minimum Gasteiger partial charge on any atom is -0.340 e. The molecule has 0 spiro atoms. The minimum atomic E-state index is -3.84. The number of rotatable bonds is 7. The van der Waals surface area contributed by atoms with Gasteiger partial charge in [0.25, 0.3) is 5.91 Å². The van der Waals surface area contributed by atoms with Gasteiger partial charge >= 0.3 is 0 Å². The van der Waals surface area contributed by atoms with Crippen LogP contribution in [0.15, 0.2) is 46.2 Å². The minimum absolute atomic E-state index is 0. The standard InChI is InChI=1S/C22H28N4O3S.ClH/c1-6-18-20(30(28,29)17-10-8-7-9-11-17)21-23-16(4)14-19(26(21)24-18)22(27)25(5)13-12-15(2)3;/h7-11,14-15H,6,12-13H2,1-5H3;1H. The van der Waals surface area contributed by atoms with E-state index in [0.717, 1.165) is 6.42 Å². The molecule has 0 aliphatic carbocycles. The van der Waals surface area contributed by atoms with E-state index in [9.17, 15) is 13.2 Å². The number of aromatic nitrogens is 3. The van der Waals surface area contributed by atoms with Gasteiger partial charge in [0.1, 0.15) is 10.6 Å². The molecule has 0 saturated heterocycles. The van der Waals surface area contributed by atoms with Crippen molar-refractivity contribution < 1.29 is 13.2 Å². The molecule has 3 aromatic rings. The number of hydrogen-bond donors (Lipinski definition) is 0. The van der Waals surface area contributed by atoms with Crippen LogP contribution in [0.3, 0.4) is 0 Å². The first-order valence-corrected chi connectivity index (χ1v) is 11.6. The van der Waals surface area contributed by atoms with Crippen molar-refractivity contribution in [2.75, 3.05) is 13.6 Å². The molecule has 9 heteroatoms. The summed E-state index contributed by atoms with van der Waals surface area (Å²) < 4.78 is 28.2. The highest BCUT2D eigenvalue weighted by Crippen LogP contribution is 2.29. The third-order valence-corrected chi connectivity index (χ3v) is 6.86. The van der Waals surface area contributed by atoms with E-state index in [2.05, 4.69) is 23.9 Å².